The maximum Gasteiger partial charge on any atom is 0.248 e. The van der Waals surface area contributed by atoms with Crippen molar-refractivity contribution in [2.24, 2.45) is 5.92 Å². The molecule has 2 rings (SSSR count). The van der Waals surface area contributed by atoms with Crippen LogP contribution in [-0.4, -0.2) is 31.7 Å². The molecule has 1 saturated heterocycles. The minimum atomic E-state index is -2.42. The second-order valence-corrected chi connectivity index (χ2v) is 4.08. The summed E-state index contributed by atoms with van der Waals surface area (Å²) in [6, 6.07) is 0. The quantitative estimate of drug-likeness (QED) is 0.728. The summed E-state index contributed by atoms with van der Waals surface area (Å²) in [5, 5.41) is 3.08. The average molecular weight is 191 g/mol. The molecule has 0 aromatic heterocycles. The molecular weight excluding hydrogens is 176 g/mol. The molecule has 13 heavy (non-hydrogen) atoms. The van der Waals surface area contributed by atoms with Crippen molar-refractivity contribution >= 4 is 0 Å². The lowest BCUT2D eigenvalue weighted by atomic mass is 10.1. The lowest BCUT2D eigenvalue weighted by Gasteiger charge is -2.28. The molecule has 2 nitrogen and oxygen atoms in total. The van der Waals surface area contributed by atoms with E-state index in [1.165, 1.54) is 0 Å². The SMILES string of the molecule is FC1(F)CCC(COC2CNC2)C1. The topological polar surface area (TPSA) is 21.3 Å². The van der Waals surface area contributed by atoms with E-state index in [9.17, 15) is 8.78 Å². The molecule has 1 aliphatic carbocycles. The summed E-state index contributed by atoms with van der Waals surface area (Å²) >= 11 is 0. The Labute approximate surface area is 76.6 Å². The van der Waals surface area contributed by atoms with Gasteiger partial charge in [-0.2, -0.15) is 0 Å². The molecule has 76 valence electrons. The molecule has 1 unspecified atom stereocenters. The predicted molar refractivity (Wildman–Crippen MR) is 44.9 cm³/mol. The second kappa shape index (κ2) is 3.50. The Morgan fingerprint density at radius 1 is 1.38 bits per heavy atom. The first kappa shape index (κ1) is 9.34. The highest BCUT2D eigenvalue weighted by Gasteiger charge is 2.39. The molecule has 0 radical (unpaired) electrons. The molecule has 0 amide bonds. The molecule has 0 bridgehead atoms. The van der Waals surface area contributed by atoms with Gasteiger partial charge in [0.15, 0.2) is 0 Å². The van der Waals surface area contributed by atoms with Crippen LogP contribution in [0.1, 0.15) is 19.3 Å². The van der Waals surface area contributed by atoms with E-state index < -0.39 is 5.92 Å². The monoisotopic (exact) mass is 191 g/mol. The highest BCUT2D eigenvalue weighted by molar-refractivity contribution is 4.82. The Morgan fingerprint density at radius 2 is 2.15 bits per heavy atom. The van der Waals surface area contributed by atoms with Crippen molar-refractivity contribution in [2.75, 3.05) is 19.7 Å². The summed E-state index contributed by atoms with van der Waals surface area (Å²) in [7, 11) is 0. The molecule has 1 N–H and O–H groups in total. The van der Waals surface area contributed by atoms with Crippen LogP contribution < -0.4 is 5.32 Å². The Kier molecular flexibility index (Phi) is 2.51. The van der Waals surface area contributed by atoms with E-state index in [1.54, 1.807) is 0 Å². The fourth-order valence-electron chi connectivity index (χ4n) is 1.84. The number of hydrogen-bond donors (Lipinski definition) is 1. The van der Waals surface area contributed by atoms with Crippen LogP contribution in [0.3, 0.4) is 0 Å². The maximum absolute atomic E-state index is 12.7. The third kappa shape index (κ3) is 2.38. The average Bonchev–Trinajstić information content (AvgIpc) is 2.27. The van der Waals surface area contributed by atoms with Crippen LogP contribution in [-0.2, 0) is 4.74 Å². The van der Waals surface area contributed by atoms with Crippen molar-refractivity contribution in [3.05, 3.63) is 0 Å². The third-order valence-electron chi connectivity index (χ3n) is 2.82. The minimum absolute atomic E-state index is 0.0210. The van der Waals surface area contributed by atoms with E-state index in [4.69, 9.17) is 4.74 Å². The van der Waals surface area contributed by atoms with Gasteiger partial charge in [0.2, 0.25) is 5.92 Å². The van der Waals surface area contributed by atoms with Crippen molar-refractivity contribution in [1.82, 2.24) is 5.32 Å². The van der Waals surface area contributed by atoms with Crippen molar-refractivity contribution in [1.29, 1.82) is 0 Å². The number of nitrogens with one attached hydrogen (secondary N) is 1. The van der Waals surface area contributed by atoms with Crippen LogP contribution in [0.2, 0.25) is 0 Å². The molecule has 1 atom stereocenters. The van der Waals surface area contributed by atoms with Gasteiger partial charge in [0.1, 0.15) is 0 Å². The van der Waals surface area contributed by atoms with E-state index >= 15 is 0 Å². The zero-order chi connectivity index (χ0) is 9.31. The molecule has 1 heterocycles. The minimum Gasteiger partial charge on any atom is -0.375 e. The van der Waals surface area contributed by atoms with Gasteiger partial charge in [-0.05, 0) is 12.3 Å². The molecule has 1 aliphatic heterocycles. The Bertz CT molecular complexity index is 182. The third-order valence-corrected chi connectivity index (χ3v) is 2.82. The number of alkyl halides is 2. The van der Waals surface area contributed by atoms with Gasteiger partial charge in [0, 0.05) is 25.9 Å². The number of rotatable bonds is 3. The highest BCUT2D eigenvalue weighted by atomic mass is 19.3. The fourth-order valence-corrected chi connectivity index (χ4v) is 1.84. The first-order valence-corrected chi connectivity index (χ1v) is 4.86. The first-order chi connectivity index (χ1) is 6.16. The predicted octanol–water partition coefficient (Wildman–Crippen LogP) is 1.41. The summed E-state index contributed by atoms with van der Waals surface area (Å²) in [6.45, 7) is 2.27. The lowest BCUT2D eigenvalue weighted by Crippen LogP contribution is -2.48. The standard InChI is InChI=1S/C9H15F2NO/c10-9(11)2-1-7(3-9)6-13-8-4-12-5-8/h7-8,12H,1-6H2. The van der Waals surface area contributed by atoms with E-state index in [1.807, 2.05) is 0 Å². The van der Waals surface area contributed by atoms with Gasteiger partial charge in [0.05, 0.1) is 12.7 Å². The van der Waals surface area contributed by atoms with Crippen LogP contribution in [0.5, 0.6) is 0 Å². The molecule has 0 aromatic rings. The van der Waals surface area contributed by atoms with Gasteiger partial charge in [0.25, 0.3) is 0 Å². The maximum atomic E-state index is 12.7. The second-order valence-electron chi connectivity index (χ2n) is 4.08. The van der Waals surface area contributed by atoms with E-state index in [0.717, 1.165) is 13.1 Å². The van der Waals surface area contributed by atoms with Gasteiger partial charge in [-0.25, -0.2) is 8.78 Å². The van der Waals surface area contributed by atoms with Gasteiger partial charge in [-0.15, -0.1) is 0 Å². The Hall–Kier alpha value is -0.220. The van der Waals surface area contributed by atoms with E-state index in [-0.39, 0.29) is 24.9 Å². The summed E-state index contributed by atoms with van der Waals surface area (Å²) in [6.07, 6.45) is 0.957. The normalized spacial score (nSPS) is 33.2. The van der Waals surface area contributed by atoms with Crippen molar-refractivity contribution in [3.8, 4) is 0 Å². The Morgan fingerprint density at radius 3 is 2.62 bits per heavy atom. The molecule has 1 saturated carbocycles. The summed E-state index contributed by atoms with van der Waals surface area (Å²) < 4.78 is 31.0. The smallest absolute Gasteiger partial charge is 0.248 e. The van der Waals surface area contributed by atoms with Gasteiger partial charge in [-0.3, -0.25) is 0 Å². The van der Waals surface area contributed by atoms with Crippen LogP contribution in [0, 0.1) is 5.92 Å². The van der Waals surface area contributed by atoms with Gasteiger partial charge in [-0.1, -0.05) is 0 Å². The number of ether oxygens (including phenoxy) is 1. The summed E-state index contributed by atoms with van der Waals surface area (Å²) in [5.74, 6) is -2.35. The van der Waals surface area contributed by atoms with Crippen molar-refractivity contribution in [2.45, 2.75) is 31.3 Å². The van der Waals surface area contributed by atoms with Gasteiger partial charge < -0.3 is 10.1 Å². The molecule has 2 aliphatic rings. The highest BCUT2D eigenvalue weighted by Crippen LogP contribution is 2.38. The molecule has 0 spiro atoms. The summed E-state index contributed by atoms with van der Waals surface area (Å²) in [4.78, 5) is 0. The molecular formula is C9H15F2NO. The zero-order valence-electron chi connectivity index (χ0n) is 7.56. The zero-order valence-corrected chi connectivity index (χ0v) is 7.56. The van der Waals surface area contributed by atoms with Crippen molar-refractivity contribution in [3.63, 3.8) is 0 Å². The Balaban J connectivity index is 1.65. The van der Waals surface area contributed by atoms with Gasteiger partial charge >= 0.3 is 0 Å². The lowest BCUT2D eigenvalue weighted by molar-refractivity contribution is -0.0212. The summed E-state index contributed by atoms with van der Waals surface area (Å²) in [5.41, 5.74) is 0. The van der Waals surface area contributed by atoms with Crippen LogP contribution >= 0.6 is 0 Å². The first-order valence-electron chi connectivity index (χ1n) is 4.86. The van der Waals surface area contributed by atoms with E-state index in [0.29, 0.717) is 13.0 Å². The van der Waals surface area contributed by atoms with E-state index in [2.05, 4.69) is 5.32 Å². The van der Waals surface area contributed by atoms with Crippen LogP contribution in [0.15, 0.2) is 0 Å². The largest absolute Gasteiger partial charge is 0.375 e. The number of halogens is 2. The fraction of sp³-hybridized carbons (Fsp3) is 1.00. The van der Waals surface area contributed by atoms with Crippen LogP contribution in [0.25, 0.3) is 0 Å². The molecule has 4 heteroatoms. The van der Waals surface area contributed by atoms with Crippen LogP contribution in [0.4, 0.5) is 8.78 Å². The van der Waals surface area contributed by atoms with Crippen molar-refractivity contribution < 1.29 is 13.5 Å². The molecule has 0 aromatic carbocycles. The number of hydrogen-bond acceptors (Lipinski definition) is 2. The molecule has 2 fully saturated rings.